The second-order valence-electron chi connectivity index (χ2n) is 6.40. The van der Waals surface area contributed by atoms with Crippen molar-refractivity contribution in [2.24, 2.45) is 0 Å². The van der Waals surface area contributed by atoms with Crippen LogP contribution in [-0.2, 0) is 11.3 Å². The van der Waals surface area contributed by atoms with Gasteiger partial charge < -0.3 is 14.4 Å². The van der Waals surface area contributed by atoms with Gasteiger partial charge in [0.05, 0.1) is 13.0 Å². The molecular formula is C19H24N2O3S. The van der Waals surface area contributed by atoms with Gasteiger partial charge in [-0.15, -0.1) is 0 Å². The van der Waals surface area contributed by atoms with Gasteiger partial charge in [-0.25, -0.2) is 0 Å². The number of hydrogen-bond donors (Lipinski definition) is 1. The van der Waals surface area contributed by atoms with Crippen LogP contribution < -0.4 is 0 Å². The Hall–Kier alpha value is -1.76. The quantitative estimate of drug-likeness (QED) is 0.817. The van der Waals surface area contributed by atoms with Crippen molar-refractivity contribution in [1.29, 1.82) is 0 Å². The van der Waals surface area contributed by atoms with Crippen LogP contribution in [0.25, 0.3) is 0 Å². The van der Waals surface area contributed by atoms with Crippen LogP contribution in [0.1, 0.15) is 17.7 Å². The number of rotatable bonds is 7. The minimum Gasteiger partial charge on any atom is -0.481 e. The Morgan fingerprint density at radius 2 is 1.76 bits per heavy atom. The molecule has 3 rings (SSSR count). The monoisotopic (exact) mass is 360 g/mol. The first kappa shape index (κ1) is 18.0. The van der Waals surface area contributed by atoms with Crippen molar-refractivity contribution in [3.05, 3.63) is 47.7 Å². The highest BCUT2D eigenvalue weighted by Gasteiger charge is 2.18. The van der Waals surface area contributed by atoms with E-state index in [1.807, 2.05) is 12.1 Å². The Labute approximate surface area is 152 Å². The number of aliphatic carboxylic acids is 1. The molecule has 2 aromatic rings. The topological polar surface area (TPSA) is 56.9 Å². The molecule has 1 N–H and O–H groups in total. The zero-order valence-electron chi connectivity index (χ0n) is 14.5. The third-order valence-electron chi connectivity index (χ3n) is 4.36. The lowest BCUT2D eigenvalue weighted by atomic mass is 10.2. The van der Waals surface area contributed by atoms with E-state index in [0.717, 1.165) is 43.6 Å². The van der Waals surface area contributed by atoms with Crippen molar-refractivity contribution in [2.75, 3.05) is 32.7 Å². The average Bonchev–Trinajstić information content (AvgIpc) is 3.03. The summed E-state index contributed by atoms with van der Waals surface area (Å²) in [5, 5.41) is 9.68. The van der Waals surface area contributed by atoms with E-state index >= 15 is 0 Å². The SMILES string of the molecule is Cc1ccc(Sc2ccc(CN3CCN(CCC(=O)O)CC3)o2)cc1. The fourth-order valence-corrected chi connectivity index (χ4v) is 3.65. The van der Waals surface area contributed by atoms with E-state index in [-0.39, 0.29) is 6.42 Å². The molecule has 1 aromatic carbocycles. The van der Waals surface area contributed by atoms with Crippen LogP contribution in [0, 0.1) is 6.92 Å². The van der Waals surface area contributed by atoms with E-state index in [1.54, 1.807) is 11.8 Å². The summed E-state index contributed by atoms with van der Waals surface area (Å²) in [5.41, 5.74) is 1.26. The summed E-state index contributed by atoms with van der Waals surface area (Å²) >= 11 is 1.64. The molecule has 1 aliphatic heterocycles. The van der Waals surface area contributed by atoms with Crippen LogP contribution in [0.2, 0.25) is 0 Å². The molecule has 134 valence electrons. The van der Waals surface area contributed by atoms with Gasteiger partial charge in [0.2, 0.25) is 0 Å². The largest absolute Gasteiger partial charge is 0.481 e. The molecule has 0 atom stereocenters. The first-order chi connectivity index (χ1) is 12.1. The molecule has 0 radical (unpaired) electrons. The number of hydrogen-bond acceptors (Lipinski definition) is 5. The fourth-order valence-electron chi connectivity index (χ4n) is 2.87. The molecule has 0 bridgehead atoms. The highest BCUT2D eigenvalue weighted by atomic mass is 32.2. The summed E-state index contributed by atoms with van der Waals surface area (Å²) in [5.74, 6) is 0.255. The number of furan rings is 1. The summed E-state index contributed by atoms with van der Waals surface area (Å²) < 4.78 is 5.96. The van der Waals surface area contributed by atoms with Gasteiger partial charge in [0.15, 0.2) is 5.09 Å². The number of carboxylic acids is 1. The standard InChI is InChI=1S/C19H24N2O3S/c1-15-2-5-17(6-3-15)25-19-7-4-16(24-19)14-21-12-10-20(11-13-21)9-8-18(22)23/h2-7H,8-14H2,1H3,(H,22,23). The second-order valence-corrected chi connectivity index (χ2v) is 7.48. The van der Waals surface area contributed by atoms with Gasteiger partial charge in [-0.3, -0.25) is 9.69 Å². The lowest BCUT2D eigenvalue weighted by molar-refractivity contribution is -0.137. The Balaban J connectivity index is 1.46. The number of aryl methyl sites for hydroxylation is 1. The van der Waals surface area contributed by atoms with Crippen LogP contribution in [0.3, 0.4) is 0 Å². The van der Waals surface area contributed by atoms with Crippen molar-refractivity contribution in [3.63, 3.8) is 0 Å². The molecular weight excluding hydrogens is 336 g/mol. The molecule has 0 unspecified atom stereocenters. The molecule has 0 amide bonds. The summed E-state index contributed by atoms with van der Waals surface area (Å²) in [4.78, 5) is 16.4. The highest BCUT2D eigenvalue weighted by Crippen LogP contribution is 2.29. The smallest absolute Gasteiger partial charge is 0.304 e. The molecule has 0 aliphatic carbocycles. The number of carbonyl (C=O) groups is 1. The van der Waals surface area contributed by atoms with E-state index in [1.165, 1.54) is 10.5 Å². The minimum atomic E-state index is -0.725. The van der Waals surface area contributed by atoms with E-state index < -0.39 is 5.97 Å². The lowest BCUT2D eigenvalue weighted by Gasteiger charge is -2.33. The Bertz CT molecular complexity index is 691. The molecule has 0 spiro atoms. The van der Waals surface area contributed by atoms with Crippen LogP contribution in [0.4, 0.5) is 0 Å². The maximum absolute atomic E-state index is 10.6. The molecule has 1 aromatic heterocycles. The highest BCUT2D eigenvalue weighted by molar-refractivity contribution is 7.99. The molecule has 25 heavy (non-hydrogen) atoms. The zero-order valence-corrected chi connectivity index (χ0v) is 15.3. The molecule has 6 heteroatoms. The average molecular weight is 360 g/mol. The van der Waals surface area contributed by atoms with E-state index in [4.69, 9.17) is 9.52 Å². The van der Waals surface area contributed by atoms with E-state index in [9.17, 15) is 4.79 Å². The van der Waals surface area contributed by atoms with Crippen LogP contribution in [0.5, 0.6) is 0 Å². The van der Waals surface area contributed by atoms with Gasteiger partial charge in [0.25, 0.3) is 0 Å². The number of benzene rings is 1. The predicted molar refractivity (Wildman–Crippen MR) is 98.0 cm³/mol. The number of nitrogens with zero attached hydrogens (tertiary/aromatic N) is 2. The fraction of sp³-hybridized carbons (Fsp3) is 0.421. The first-order valence-electron chi connectivity index (χ1n) is 8.58. The molecule has 0 saturated carbocycles. The molecule has 5 nitrogen and oxygen atoms in total. The Morgan fingerprint density at radius 1 is 1.08 bits per heavy atom. The molecule has 1 aliphatic rings. The van der Waals surface area contributed by atoms with Gasteiger partial charge in [0.1, 0.15) is 5.76 Å². The number of piperazine rings is 1. The lowest BCUT2D eigenvalue weighted by Crippen LogP contribution is -2.46. The maximum Gasteiger partial charge on any atom is 0.304 e. The third-order valence-corrected chi connectivity index (χ3v) is 5.29. The summed E-state index contributed by atoms with van der Waals surface area (Å²) in [6.45, 7) is 7.25. The molecule has 1 saturated heterocycles. The zero-order chi connectivity index (χ0) is 17.6. The number of carboxylic acid groups (broad SMARTS) is 1. The van der Waals surface area contributed by atoms with Crippen molar-refractivity contribution in [2.45, 2.75) is 29.9 Å². The van der Waals surface area contributed by atoms with Crippen molar-refractivity contribution in [3.8, 4) is 0 Å². The van der Waals surface area contributed by atoms with Gasteiger partial charge in [-0.2, -0.15) is 0 Å². The normalized spacial score (nSPS) is 16.2. The van der Waals surface area contributed by atoms with Gasteiger partial charge >= 0.3 is 5.97 Å². The summed E-state index contributed by atoms with van der Waals surface area (Å²) in [6.07, 6.45) is 0.220. The van der Waals surface area contributed by atoms with Crippen LogP contribution >= 0.6 is 11.8 Å². The van der Waals surface area contributed by atoms with Crippen molar-refractivity contribution >= 4 is 17.7 Å². The third kappa shape index (κ3) is 5.63. The summed E-state index contributed by atoms with van der Waals surface area (Å²) in [6, 6.07) is 12.5. The van der Waals surface area contributed by atoms with Crippen LogP contribution in [-0.4, -0.2) is 53.6 Å². The van der Waals surface area contributed by atoms with Gasteiger partial charge in [0, 0.05) is 37.6 Å². The predicted octanol–water partition coefficient (Wildman–Crippen LogP) is 3.33. The van der Waals surface area contributed by atoms with Crippen molar-refractivity contribution < 1.29 is 14.3 Å². The van der Waals surface area contributed by atoms with Crippen molar-refractivity contribution in [1.82, 2.24) is 9.80 Å². The Kier molecular flexibility index (Phi) is 6.18. The van der Waals surface area contributed by atoms with E-state index in [0.29, 0.717) is 6.54 Å². The van der Waals surface area contributed by atoms with E-state index in [2.05, 4.69) is 41.0 Å². The van der Waals surface area contributed by atoms with Crippen LogP contribution in [0.15, 0.2) is 50.8 Å². The Morgan fingerprint density at radius 3 is 2.44 bits per heavy atom. The first-order valence-corrected chi connectivity index (χ1v) is 9.40. The second kappa shape index (κ2) is 8.56. The minimum absolute atomic E-state index is 0.220. The van der Waals surface area contributed by atoms with Gasteiger partial charge in [-0.05, 0) is 31.2 Å². The molecule has 1 fully saturated rings. The maximum atomic E-state index is 10.6. The summed E-state index contributed by atoms with van der Waals surface area (Å²) in [7, 11) is 0. The van der Waals surface area contributed by atoms with Gasteiger partial charge in [-0.1, -0.05) is 29.5 Å². The molecule has 2 heterocycles.